The van der Waals surface area contributed by atoms with E-state index in [0.29, 0.717) is 19.1 Å². The van der Waals surface area contributed by atoms with Gasteiger partial charge in [0, 0.05) is 51.9 Å². The highest BCUT2D eigenvalue weighted by atomic mass is 19.1. The lowest BCUT2D eigenvalue weighted by molar-refractivity contribution is 0.0341. The normalized spacial score (nSPS) is 20.3. The van der Waals surface area contributed by atoms with Gasteiger partial charge in [0.15, 0.2) is 5.65 Å². The maximum Gasteiger partial charge on any atom is 0.407 e. The van der Waals surface area contributed by atoms with Gasteiger partial charge in [-0.2, -0.15) is 0 Å². The smallest absolute Gasteiger partial charge is 0.407 e. The summed E-state index contributed by atoms with van der Waals surface area (Å²) in [6, 6.07) is 17.3. The second-order valence-corrected chi connectivity index (χ2v) is 10.8. The van der Waals surface area contributed by atoms with Gasteiger partial charge in [-0.1, -0.05) is 18.2 Å². The van der Waals surface area contributed by atoms with Crippen LogP contribution in [0.4, 0.5) is 20.8 Å². The van der Waals surface area contributed by atoms with Crippen LogP contribution in [0.25, 0.3) is 17.0 Å². The van der Waals surface area contributed by atoms with Crippen molar-refractivity contribution in [2.75, 3.05) is 55.6 Å². The van der Waals surface area contributed by atoms with Crippen LogP contribution < -0.4 is 9.80 Å². The molecule has 3 aromatic heterocycles. The number of hydrogen-bond donors (Lipinski definition) is 1. The van der Waals surface area contributed by atoms with Crippen molar-refractivity contribution in [3.05, 3.63) is 72.2 Å². The molecule has 3 aliphatic heterocycles. The molecule has 0 spiro atoms. The Morgan fingerprint density at radius 1 is 0.950 bits per heavy atom. The average Bonchev–Trinajstić information content (AvgIpc) is 3.60. The molecule has 0 unspecified atom stereocenters. The van der Waals surface area contributed by atoms with Crippen LogP contribution in [0, 0.1) is 5.82 Å². The van der Waals surface area contributed by atoms with Gasteiger partial charge in [-0.25, -0.2) is 23.7 Å². The zero-order valence-electron chi connectivity index (χ0n) is 22.1. The lowest BCUT2D eigenvalue weighted by atomic mass is 10.0. The number of nitrogens with zero attached hydrogens (tertiary/aromatic N) is 8. The molecule has 3 saturated heterocycles. The molecule has 10 nitrogen and oxygen atoms in total. The minimum atomic E-state index is -0.836. The van der Waals surface area contributed by atoms with Gasteiger partial charge in [0.05, 0.1) is 17.9 Å². The van der Waals surface area contributed by atoms with Crippen LogP contribution in [0.15, 0.2) is 60.8 Å². The standard InChI is InChI=1S/C29H31FN8O2/c30-21-5-1-4-20(16-21)24-7-3-11-37(24)28-10-9-26-31-17-25(38(26)33-28)23-6-2-8-27(32-23)35-14-12-34(13-15-35)22-18-36(19-22)29(39)40/h1-2,4-6,8-10,16-17,22,24H,3,7,11-15,18-19H2,(H,39,40)/t24-/m1/s1. The number of halogens is 1. The number of pyridine rings is 1. The summed E-state index contributed by atoms with van der Waals surface area (Å²) in [6.07, 6.45) is 2.95. The monoisotopic (exact) mass is 542 g/mol. The molecular formula is C29H31FN8O2. The molecular weight excluding hydrogens is 511 g/mol. The number of fused-ring (bicyclic) bond motifs is 1. The molecule has 1 aromatic carbocycles. The molecule has 4 aromatic rings. The number of anilines is 2. The van der Waals surface area contributed by atoms with Crippen molar-refractivity contribution in [3.63, 3.8) is 0 Å². The summed E-state index contributed by atoms with van der Waals surface area (Å²) in [5.41, 5.74) is 3.34. The molecule has 0 aliphatic carbocycles. The van der Waals surface area contributed by atoms with Crippen molar-refractivity contribution in [2.45, 2.75) is 24.9 Å². The third-order valence-electron chi connectivity index (χ3n) is 8.41. The van der Waals surface area contributed by atoms with E-state index in [1.165, 1.54) is 11.0 Å². The highest BCUT2D eigenvalue weighted by molar-refractivity contribution is 5.66. The summed E-state index contributed by atoms with van der Waals surface area (Å²) < 4.78 is 15.8. The molecule has 11 heteroatoms. The molecule has 6 heterocycles. The van der Waals surface area contributed by atoms with Crippen molar-refractivity contribution in [1.82, 2.24) is 29.4 Å². The van der Waals surface area contributed by atoms with Crippen LogP contribution in [0.5, 0.6) is 0 Å². The molecule has 3 fully saturated rings. The van der Waals surface area contributed by atoms with Crippen LogP contribution >= 0.6 is 0 Å². The summed E-state index contributed by atoms with van der Waals surface area (Å²) in [4.78, 5) is 29.0. The first kappa shape index (κ1) is 24.8. The number of imidazole rings is 1. The van der Waals surface area contributed by atoms with E-state index in [4.69, 9.17) is 15.2 Å². The minimum Gasteiger partial charge on any atom is -0.465 e. The highest BCUT2D eigenvalue weighted by Gasteiger charge is 2.36. The largest absolute Gasteiger partial charge is 0.465 e. The number of hydrogen-bond acceptors (Lipinski definition) is 7. The van der Waals surface area contributed by atoms with E-state index in [2.05, 4.69) is 19.7 Å². The van der Waals surface area contributed by atoms with Crippen molar-refractivity contribution in [3.8, 4) is 11.4 Å². The van der Waals surface area contributed by atoms with E-state index in [0.717, 1.165) is 79.8 Å². The lowest BCUT2D eigenvalue weighted by Crippen LogP contribution is -2.64. The van der Waals surface area contributed by atoms with Gasteiger partial charge >= 0.3 is 6.09 Å². The Labute approximate surface area is 231 Å². The fourth-order valence-corrected chi connectivity index (χ4v) is 6.19. The van der Waals surface area contributed by atoms with E-state index in [-0.39, 0.29) is 11.9 Å². The second-order valence-electron chi connectivity index (χ2n) is 10.8. The van der Waals surface area contributed by atoms with Crippen LogP contribution in [0.1, 0.15) is 24.4 Å². The topological polar surface area (TPSA) is 93.3 Å². The summed E-state index contributed by atoms with van der Waals surface area (Å²) in [7, 11) is 0. The molecule has 1 N–H and O–H groups in total. The molecule has 40 heavy (non-hydrogen) atoms. The number of likely N-dealkylation sites (tertiary alicyclic amines) is 1. The summed E-state index contributed by atoms with van der Waals surface area (Å²) in [5, 5.41) is 14.1. The molecule has 1 amide bonds. The number of rotatable bonds is 5. The van der Waals surface area contributed by atoms with Crippen molar-refractivity contribution in [2.24, 2.45) is 0 Å². The maximum atomic E-state index is 14.0. The zero-order chi connectivity index (χ0) is 27.2. The molecule has 206 valence electrons. The predicted molar refractivity (Wildman–Crippen MR) is 149 cm³/mol. The van der Waals surface area contributed by atoms with Crippen molar-refractivity contribution in [1.29, 1.82) is 0 Å². The van der Waals surface area contributed by atoms with E-state index in [9.17, 15) is 9.18 Å². The summed E-state index contributed by atoms with van der Waals surface area (Å²) in [5.74, 6) is 1.53. The fourth-order valence-electron chi connectivity index (χ4n) is 6.19. The van der Waals surface area contributed by atoms with Gasteiger partial charge < -0.3 is 19.8 Å². The van der Waals surface area contributed by atoms with E-state index in [1.54, 1.807) is 12.1 Å². The first-order valence-electron chi connectivity index (χ1n) is 13.8. The SMILES string of the molecule is O=C(O)N1CC(N2CCN(c3cccc(-c4cnc5ccc(N6CCC[C@@H]6c6cccc(F)c6)nn45)n3)CC2)C1. The van der Waals surface area contributed by atoms with Crippen molar-refractivity contribution < 1.29 is 14.3 Å². The van der Waals surface area contributed by atoms with Crippen LogP contribution in [0.2, 0.25) is 0 Å². The van der Waals surface area contributed by atoms with Crippen LogP contribution in [0.3, 0.4) is 0 Å². The second kappa shape index (κ2) is 10.1. The van der Waals surface area contributed by atoms with Gasteiger partial charge in [0.1, 0.15) is 23.1 Å². The first-order valence-corrected chi connectivity index (χ1v) is 13.8. The van der Waals surface area contributed by atoms with Gasteiger partial charge in [0.25, 0.3) is 0 Å². The number of carbonyl (C=O) groups is 1. The van der Waals surface area contributed by atoms with Gasteiger partial charge in [0.2, 0.25) is 0 Å². The number of benzene rings is 1. The lowest BCUT2D eigenvalue weighted by Gasteiger charge is -2.47. The molecule has 1 atom stereocenters. The van der Waals surface area contributed by atoms with Crippen LogP contribution in [-0.2, 0) is 0 Å². The Balaban J connectivity index is 1.10. The van der Waals surface area contributed by atoms with E-state index < -0.39 is 6.09 Å². The number of piperazine rings is 1. The molecule has 0 bridgehead atoms. The molecule has 7 rings (SSSR count). The Morgan fingerprint density at radius 2 is 1.77 bits per heavy atom. The fraction of sp³-hybridized carbons (Fsp3) is 0.379. The molecule has 0 radical (unpaired) electrons. The Morgan fingerprint density at radius 3 is 2.58 bits per heavy atom. The Kier molecular flexibility index (Phi) is 6.22. The Bertz CT molecular complexity index is 1550. The summed E-state index contributed by atoms with van der Waals surface area (Å²) >= 11 is 0. The number of carboxylic acid groups (broad SMARTS) is 1. The van der Waals surface area contributed by atoms with Crippen LogP contribution in [-0.4, -0.2) is 92.4 Å². The van der Waals surface area contributed by atoms with E-state index >= 15 is 0 Å². The van der Waals surface area contributed by atoms with Crippen molar-refractivity contribution >= 4 is 23.4 Å². The highest BCUT2D eigenvalue weighted by Crippen LogP contribution is 2.36. The zero-order valence-corrected chi connectivity index (χ0v) is 22.1. The molecule has 3 aliphatic rings. The molecule has 0 saturated carbocycles. The van der Waals surface area contributed by atoms with Gasteiger partial charge in [-0.3, -0.25) is 4.90 Å². The maximum absolute atomic E-state index is 14.0. The van der Waals surface area contributed by atoms with Gasteiger partial charge in [-0.05, 0) is 54.8 Å². The predicted octanol–water partition coefficient (Wildman–Crippen LogP) is 3.76. The Hall–Kier alpha value is -4.25. The third-order valence-corrected chi connectivity index (χ3v) is 8.41. The third kappa shape index (κ3) is 4.49. The average molecular weight is 543 g/mol. The van der Waals surface area contributed by atoms with E-state index in [1.807, 2.05) is 47.1 Å². The summed E-state index contributed by atoms with van der Waals surface area (Å²) in [6.45, 7) is 5.48. The number of amides is 1. The number of aromatic nitrogens is 4. The quantitative estimate of drug-likeness (QED) is 0.408. The van der Waals surface area contributed by atoms with Gasteiger partial charge in [-0.15, -0.1) is 5.10 Å². The first-order chi connectivity index (χ1) is 19.5. The minimum absolute atomic E-state index is 0.0832.